The largest absolute Gasteiger partial charge is 0.412 e. The smallest absolute Gasteiger partial charge is 0.192 e. The Hall–Kier alpha value is -0.433. The zero-order valence-corrected chi connectivity index (χ0v) is 19.2. The van der Waals surface area contributed by atoms with E-state index in [0.717, 1.165) is 26.8 Å². The van der Waals surface area contributed by atoms with Gasteiger partial charge in [-0.25, -0.2) is 4.98 Å². The van der Waals surface area contributed by atoms with Gasteiger partial charge in [-0.15, -0.1) is 11.3 Å². The van der Waals surface area contributed by atoms with E-state index in [4.69, 9.17) is 32.4 Å². The van der Waals surface area contributed by atoms with Gasteiger partial charge in [0.2, 0.25) is 0 Å². The molecule has 3 heterocycles. The first-order valence-electron chi connectivity index (χ1n) is 8.76. The number of thiophene rings is 1. The molecular weight excluding hydrogens is 405 g/mol. The predicted molar refractivity (Wildman–Crippen MR) is 112 cm³/mol. The van der Waals surface area contributed by atoms with Crippen LogP contribution in [0.3, 0.4) is 0 Å². The normalized spacial score (nSPS) is 18.0. The van der Waals surface area contributed by atoms with E-state index >= 15 is 0 Å². The maximum atomic E-state index is 6.57. The lowest BCUT2D eigenvalue weighted by Crippen LogP contribution is -2.40. The Morgan fingerprint density at radius 3 is 2.69 bits per heavy atom. The van der Waals surface area contributed by atoms with Crippen molar-refractivity contribution in [2.75, 3.05) is 6.61 Å². The summed E-state index contributed by atoms with van der Waals surface area (Å²) in [4.78, 5) is 5.32. The van der Waals surface area contributed by atoms with E-state index in [9.17, 15) is 0 Å². The number of ether oxygens (including phenoxy) is 1. The van der Waals surface area contributed by atoms with E-state index in [-0.39, 0.29) is 11.1 Å². The predicted octanol–water partition coefficient (Wildman–Crippen LogP) is 6.63. The minimum absolute atomic E-state index is 0.187. The van der Waals surface area contributed by atoms with Gasteiger partial charge in [-0.1, -0.05) is 44.0 Å². The quantitative estimate of drug-likeness (QED) is 0.403. The van der Waals surface area contributed by atoms with Crippen LogP contribution in [0.1, 0.15) is 48.4 Å². The molecule has 0 radical (unpaired) electrons. The standard InChI is InChI=1S/C19H25Cl2NO2SSi/c1-19(2,3)26(4,5)24-11-13-8-15(18(21)25-13)17-14-9-16(20)22-10-12(14)6-7-23-17/h8-10,17H,6-7,11H2,1-5H3. The summed E-state index contributed by atoms with van der Waals surface area (Å²) in [5.41, 5.74) is 3.23. The molecular formula is C19H25Cl2NO2SSi. The Labute approximate surface area is 170 Å². The third-order valence-electron chi connectivity index (χ3n) is 5.36. The Bertz CT molecular complexity index is 801. The molecule has 0 saturated heterocycles. The van der Waals surface area contributed by atoms with Gasteiger partial charge >= 0.3 is 0 Å². The van der Waals surface area contributed by atoms with Gasteiger partial charge in [-0.2, -0.15) is 0 Å². The van der Waals surface area contributed by atoms with Crippen molar-refractivity contribution in [1.29, 1.82) is 0 Å². The Morgan fingerprint density at radius 1 is 1.27 bits per heavy atom. The minimum Gasteiger partial charge on any atom is -0.412 e. The average Bonchev–Trinajstić information content (AvgIpc) is 2.92. The van der Waals surface area contributed by atoms with Crippen molar-refractivity contribution in [1.82, 2.24) is 4.98 Å². The summed E-state index contributed by atoms with van der Waals surface area (Å²) >= 11 is 14.2. The van der Waals surface area contributed by atoms with Crippen LogP contribution in [-0.4, -0.2) is 19.9 Å². The molecule has 0 spiro atoms. The highest BCUT2D eigenvalue weighted by Gasteiger charge is 2.37. The minimum atomic E-state index is -1.79. The van der Waals surface area contributed by atoms with Crippen molar-refractivity contribution < 1.29 is 9.16 Å². The van der Waals surface area contributed by atoms with Crippen molar-refractivity contribution in [3.63, 3.8) is 0 Å². The van der Waals surface area contributed by atoms with Crippen molar-refractivity contribution in [3.05, 3.63) is 49.4 Å². The molecule has 0 saturated carbocycles. The van der Waals surface area contributed by atoms with Gasteiger partial charge in [0.15, 0.2) is 8.32 Å². The number of halogens is 2. The molecule has 3 nitrogen and oxygen atoms in total. The molecule has 1 aliphatic rings. The van der Waals surface area contributed by atoms with Gasteiger partial charge in [-0.3, -0.25) is 0 Å². The van der Waals surface area contributed by atoms with Crippen molar-refractivity contribution in [2.24, 2.45) is 0 Å². The average molecular weight is 430 g/mol. The second kappa shape index (κ2) is 7.53. The van der Waals surface area contributed by atoms with E-state index in [1.165, 1.54) is 5.56 Å². The summed E-state index contributed by atoms with van der Waals surface area (Å²) in [5.74, 6) is 0. The molecule has 0 aromatic carbocycles. The summed E-state index contributed by atoms with van der Waals surface area (Å²) in [6, 6.07) is 4.01. The van der Waals surface area contributed by atoms with Crippen LogP contribution >= 0.6 is 34.5 Å². The van der Waals surface area contributed by atoms with Crippen LogP contribution in [0.5, 0.6) is 0 Å². The fraction of sp³-hybridized carbons (Fsp3) is 0.526. The number of fused-ring (bicyclic) bond motifs is 1. The third kappa shape index (κ3) is 4.18. The zero-order valence-electron chi connectivity index (χ0n) is 15.9. The Kier molecular flexibility index (Phi) is 5.88. The molecule has 1 aliphatic heterocycles. The van der Waals surface area contributed by atoms with Crippen molar-refractivity contribution >= 4 is 42.9 Å². The van der Waals surface area contributed by atoms with E-state index in [0.29, 0.717) is 18.4 Å². The number of hydrogen-bond donors (Lipinski definition) is 0. The Balaban J connectivity index is 1.83. The monoisotopic (exact) mass is 429 g/mol. The first-order chi connectivity index (χ1) is 12.1. The lowest BCUT2D eigenvalue weighted by atomic mass is 9.96. The van der Waals surface area contributed by atoms with E-state index in [2.05, 4.69) is 44.9 Å². The van der Waals surface area contributed by atoms with Gasteiger partial charge in [0, 0.05) is 16.6 Å². The number of pyridine rings is 1. The summed E-state index contributed by atoms with van der Waals surface area (Å²) in [6.45, 7) is 12.5. The van der Waals surface area contributed by atoms with Gasteiger partial charge in [0.1, 0.15) is 11.3 Å². The summed E-state index contributed by atoms with van der Waals surface area (Å²) in [6.07, 6.45) is 2.50. The number of rotatable bonds is 4. The van der Waals surface area contributed by atoms with E-state index in [1.54, 1.807) is 11.3 Å². The molecule has 7 heteroatoms. The maximum Gasteiger partial charge on any atom is 0.192 e. The van der Waals surface area contributed by atoms with Crippen LogP contribution in [0.4, 0.5) is 0 Å². The van der Waals surface area contributed by atoms with Crippen LogP contribution in [0.15, 0.2) is 18.3 Å². The van der Waals surface area contributed by atoms with E-state index < -0.39 is 8.32 Å². The molecule has 0 N–H and O–H groups in total. The highest BCUT2D eigenvalue weighted by atomic mass is 35.5. The fourth-order valence-electron chi connectivity index (χ4n) is 2.71. The van der Waals surface area contributed by atoms with Crippen LogP contribution in [0.25, 0.3) is 0 Å². The lowest BCUT2D eigenvalue weighted by molar-refractivity contribution is 0.0699. The SMILES string of the molecule is CC(C)(C)[Si](C)(C)OCc1cc(C2OCCc3cnc(Cl)cc32)c(Cl)s1. The first kappa shape index (κ1) is 20.3. The van der Waals surface area contributed by atoms with Crippen LogP contribution in [0.2, 0.25) is 27.6 Å². The molecule has 142 valence electrons. The Morgan fingerprint density at radius 2 is 2.00 bits per heavy atom. The first-order valence-corrected chi connectivity index (χ1v) is 13.2. The van der Waals surface area contributed by atoms with Gasteiger partial charge in [-0.05, 0) is 47.8 Å². The third-order valence-corrected chi connectivity index (χ3v) is 11.4. The summed E-state index contributed by atoms with van der Waals surface area (Å²) in [7, 11) is -1.79. The van der Waals surface area contributed by atoms with Crippen LogP contribution in [0, 0.1) is 0 Å². The number of nitrogens with zero attached hydrogens (tertiary/aromatic N) is 1. The molecule has 0 bridgehead atoms. The molecule has 1 atom stereocenters. The molecule has 3 rings (SSSR count). The topological polar surface area (TPSA) is 31.4 Å². The van der Waals surface area contributed by atoms with Crippen LogP contribution in [-0.2, 0) is 22.2 Å². The van der Waals surface area contributed by atoms with Crippen molar-refractivity contribution in [3.8, 4) is 0 Å². The van der Waals surface area contributed by atoms with Crippen LogP contribution < -0.4 is 0 Å². The second-order valence-electron chi connectivity index (χ2n) is 8.20. The lowest BCUT2D eigenvalue weighted by Gasteiger charge is -2.36. The number of hydrogen-bond acceptors (Lipinski definition) is 4. The molecule has 26 heavy (non-hydrogen) atoms. The van der Waals surface area contributed by atoms with Gasteiger partial charge in [0.05, 0.1) is 17.6 Å². The number of aromatic nitrogens is 1. The van der Waals surface area contributed by atoms with Crippen molar-refractivity contribution in [2.45, 2.75) is 58.0 Å². The zero-order chi connectivity index (χ0) is 19.1. The second-order valence-corrected chi connectivity index (χ2v) is 15.1. The highest BCUT2D eigenvalue weighted by Crippen LogP contribution is 2.42. The maximum absolute atomic E-state index is 6.57. The highest BCUT2D eigenvalue weighted by molar-refractivity contribution is 7.16. The molecule has 2 aromatic rings. The molecule has 0 aliphatic carbocycles. The van der Waals surface area contributed by atoms with Gasteiger partial charge in [0.25, 0.3) is 0 Å². The molecule has 0 fully saturated rings. The van der Waals surface area contributed by atoms with Gasteiger partial charge < -0.3 is 9.16 Å². The molecule has 2 aromatic heterocycles. The van der Waals surface area contributed by atoms with E-state index in [1.807, 2.05) is 12.3 Å². The molecule has 1 unspecified atom stereocenters. The summed E-state index contributed by atoms with van der Waals surface area (Å²) < 4.78 is 13.1. The molecule has 0 amide bonds. The summed E-state index contributed by atoms with van der Waals surface area (Å²) in [5, 5.41) is 0.665. The fourth-order valence-corrected chi connectivity index (χ4v) is 5.20.